The SMILES string of the molecule is Cc1cnc(C(=O)Nc2cccc(/C(=N/N)N(N)C(C)C)n2)cc1-c1ccccn1. The monoisotopic (exact) mass is 404 g/mol. The summed E-state index contributed by atoms with van der Waals surface area (Å²) in [6, 6.07) is 12.4. The van der Waals surface area contributed by atoms with E-state index in [2.05, 4.69) is 25.4 Å². The minimum Gasteiger partial charge on any atom is -0.321 e. The number of amides is 1. The fourth-order valence-corrected chi connectivity index (χ4v) is 2.76. The van der Waals surface area contributed by atoms with Crippen LogP contribution in [0.1, 0.15) is 35.6 Å². The van der Waals surface area contributed by atoms with Gasteiger partial charge >= 0.3 is 0 Å². The molecule has 1 amide bonds. The first kappa shape index (κ1) is 20.9. The van der Waals surface area contributed by atoms with Crippen LogP contribution >= 0.6 is 0 Å². The Morgan fingerprint density at radius 3 is 2.60 bits per heavy atom. The van der Waals surface area contributed by atoms with Crippen LogP contribution in [0.3, 0.4) is 0 Å². The van der Waals surface area contributed by atoms with Gasteiger partial charge < -0.3 is 11.2 Å². The number of hydrazone groups is 1. The fraction of sp³-hybridized carbons (Fsp3) is 0.190. The molecule has 0 atom stereocenters. The lowest BCUT2D eigenvalue weighted by Gasteiger charge is -2.23. The lowest BCUT2D eigenvalue weighted by molar-refractivity contribution is 0.102. The molecule has 0 unspecified atom stereocenters. The number of hydrazine groups is 1. The van der Waals surface area contributed by atoms with Crippen molar-refractivity contribution in [3.8, 4) is 11.3 Å². The standard InChI is InChI=1S/C21H24N8O/c1-13(2)29(23)20(28-22)17-8-6-9-19(26-17)27-21(30)18-11-15(14(3)12-25-18)16-7-4-5-10-24-16/h4-13H,22-23H2,1-3H3,(H,26,27,30)/b28-20-. The number of rotatable bonds is 5. The Kier molecular flexibility index (Phi) is 6.33. The van der Waals surface area contributed by atoms with Crippen molar-refractivity contribution in [3.05, 3.63) is 71.8 Å². The van der Waals surface area contributed by atoms with Gasteiger partial charge in [0.05, 0.1) is 5.69 Å². The van der Waals surface area contributed by atoms with Crippen molar-refractivity contribution in [3.63, 3.8) is 0 Å². The summed E-state index contributed by atoms with van der Waals surface area (Å²) < 4.78 is 0. The molecule has 0 aliphatic rings. The molecule has 3 aromatic heterocycles. The van der Waals surface area contributed by atoms with E-state index < -0.39 is 5.91 Å². The van der Waals surface area contributed by atoms with Crippen molar-refractivity contribution >= 4 is 17.6 Å². The highest BCUT2D eigenvalue weighted by molar-refractivity contribution is 6.03. The van der Waals surface area contributed by atoms with E-state index in [1.54, 1.807) is 36.7 Å². The number of nitrogens with two attached hydrogens (primary N) is 2. The van der Waals surface area contributed by atoms with Gasteiger partial charge in [-0.2, -0.15) is 5.10 Å². The zero-order chi connectivity index (χ0) is 21.7. The van der Waals surface area contributed by atoms with Crippen LogP contribution in [0.15, 0.2) is 60.0 Å². The van der Waals surface area contributed by atoms with Crippen molar-refractivity contribution in [2.24, 2.45) is 16.8 Å². The number of nitrogens with zero attached hydrogens (tertiary/aromatic N) is 5. The third-order valence-corrected chi connectivity index (χ3v) is 4.42. The van der Waals surface area contributed by atoms with Crippen LogP contribution in [0, 0.1) is 6.92 Å². The van der Waals surface area contributed by atoms with Gasteiger partial charge in [-0.3, -0.25) is 19.8 Å². The van der Waals surface area contributed by atoms with Crippen molar-refractivity contribution < 1.29 is 4.79 Å². The first-order chi connectivity index (χ1) is 14.4. The second-order valence-corrected chi connectivity index (χ2v) is 6.92. The van der Waals surface area contributed by atoms with E-state index in [9.17, 15) is 4.79 Å². The lowest BCUT2D eigenvalue weighted by atomic mass is 10.1. The van der Waals surface area contributed by atoms with Crippen molar-refractivity contribution in [2.75, 3.05) is 5.32 Å². The summed E-state index contributed by atoms with van der Waals surface area (Å²) in [7, 11) is 0. The van der Waals surface area contributed by atoms with Crippen LogP contribution in [0.25, 0.3) is 11.3 Å². The molecule has 3 rings (SSSR count). The summed E-state index contributed by atoms with van der Waals surface area (Å²) >= 11 is 0. The van der Waals surface area contributed by atoms with E-state index in [0.717, 1.165) is 16.8 Å². The lowest BCUT2D eigenvalue weighted by Crippen LogP contribution is -2.44. The topological polar surface area (TPSA) is 135 Å². The number of hydrogen-bond donors (Lipinski definition) is 3. The predicted octanol–water partition coefficient (Wildman–Crippen LogP) is 2.30. The molecule has 0 bridgehead atoms. The fourth-order valence-electron chi connectivity index (χ4n) is 2.76. The number of hydrogen-bond acceptors (Lipinski definition) is 7. The van der Waals surface area contributed by atoms with Gasteiger partial charge in [0, 0.05) is 24.0 Å². The maximum atomic E-state index is 12.8. The van der Waals surface area contributed by atoms with Crippen LogP contribution in [-0.4, -0.2) is 37.7 Å². The Balaban J connectivity index is 1.85. The molecule has 0 aliphatic heterocycles. The number of nitrogens with one attached hydrogen (secondary N) is 1. The smallest absolute Gasteiger partial charge is 0.275 e. The summed E-state index contributed by atoms with van der Waals surface area (Å²) in [6.45, 7) is 5.72. The summed E-state index contributed by atoms with van der Waals surface area (Å²) in [5, 5.41) is 7.90. The van der Waals surface area contributed by atoms with E-state index >= 15 is 0 Å². The first-order valence-corrected chi connectivity index (χ1v) is 9.39. The molecule has 0 spiro atoms. The normalized spacial score (nSPS) is 11.4. The van der Waals surface area contributed by atoms with Crippen LogP contribution < -0.4 is 17.0 Å². The molecule has 30 heavy (non-hydrogen) atoms. The number of pyridine rings is 3. The van der Waals surface area contributed by atoms with E-state index in [0.29, 0.717) is 17.3 Å². The summed E-state index contributed by atoms with van der Waals surface area (Å²) in [6.07, 6.45) is 3.36. The van der Waals surface area contributed by atoms with Crippen molar-refractivity contribution in [1.82, 2.24) is 20.0 Å². The third kappa shape index (κ3) is 4.58. The molecule has 5 N–H and O–H groups in total. The average Bonchev–Trinajstić information content (AvgIpc) is 2.75. The van der Waals surface area contributed by atoms with Crippen LogP contribution in [0.4, 0.5) is 5.82 Å². The number of carbonyl (C=O) groups excluding carboxylic acids is 1. The number of carbonyl (C=O) groups is 1. The van der Waals surface area contributed by atoms with E-state index in [4.69, 9.17) is 11.7 Å². The predicted molar refractivity (Wildman–Crippen MR) is 116 cm³/mol. The molecule has 0 radical (unpaired) electrons. The van der Waals surface area contributed by atoms with Crippen LogP contribution in [0.2, 0.25) is 0 Å². The maximum absolute atomic E-state index is 12.8. The Hall–Kier alpha value is -3.85. The van der Waals surface area contributed by atoms with Gasteiger partial charge in [-0.1, -0.05) is 12.1 Å². The van der Waals surface area contributed by atoms with Gasteiger partial charge in [0.1, 0.15) is 17.2 Å². The Morgan fingerprint density at radius 2 is 1.93 bits per heavy atom. The van der Waals surface area contributed by atoms with Gasteiger partial charge in [-0.25, -0.2) is 10.8 Å². The zero-order valence-electron chi connectivity index (χ0n) is 17.1. The molecule has 0 aliphatic carbocycles. The molecule has 3 aromatic rings. The quantitative estimate of drug-likeness (QED) is 0.257. The molecule has 9 heteroatoms. The van der Waals surface area contributed by atoms with Gasteiger partial charge in [-0.05, 0) is 56.7 Å². The van der Waals surface area contributed by atoms with Gasteiger partial charge in [0.15, 0.2) is 5.84 Å². The molecule has 0 saturated heterocycles. The Labute approximate surface area is 174 Å². The minimum absolute atomic E-state index is 0.0332. The first-order valence-electron chi connectivity index (χ1n) is 9.39. The summed E-state index contributed by atoms with van der Waals surface area (Å²) in [5.74, 6) is 11.8. The molecule has 9 nitrogen and oxygen atoms in total. The number of aryl methyl sites for hydroxylation is 1. The van der Waals surface area contributed by atoms with Crippen LogP contribution in [-0.2, 0) is 0 Å². The average molecular weight is 404 g/mol. The molecular formula is C21H24N8O. The highest BCUT2D eigenvalue weighted by Crippen LogP contribution is 2.21. The highest BCUT2D eigenvalue weighted by Gasteiger charge is 2.17. The maximum Gasteiger partial charge on any atom is 0.275 e. The van der Waals surface area contributed by atoms with E-state index in [-0.39, 0.29) is 11.7 Å². The Morgan fingerprint density at radius 1 is 1.13 bits per heavy atom. The Bertz CT molecular complexity index is 1070. The summed E-state index contributed by atoms with van der Waals surface area (Å²) in [4.78, 5) is 25.8. The second kappa shape index (κ2) is 9.10. The largest absolute Gasteiger partial charge is 0.321 e. The highest BCUT2D eigenvalue weighted by atomic mass is 16.1. The number of amidine groups is 1. The van der Waals surface area contributed by atoms with E-state index in [1.165, 1.54) is 5.01 Å². The number of aromatic nitrogens is 3. The van der Waals surface area contributed by atoms with Crippen LogP contribution in [0.5, 0.6) is 0 Å². The third-order valence-electron chi connectivity index (χ3n) is 4.42. The van der Waals surface area contributed by atoms with Crippen molar-refractivity contribution in [1.29, 1.82) is 0 Å². The van der Waals surface area contributed by atoms with E-state index in [1.807, 2.05) is 39.0 Å². The molecule has 154 valence electrons. The molecule has 0 saturated carbocycles. The minimum atomic E-state index is -0.392. The molecule has 0 fully saturated rings. The number of anilines is 1. The van der Waals surface area contributed by atoms with Gasteiger partial charge in [-0.15, -0.1) is 0 Å². The molecular weight excluding hydrogens is 380 g/mol. The summed E-state index contributed by atoms with van der Waals surface area (Å²) in [5.41, 5.74) is 3.23. The van der Waals surface area contributed by atoms with Crippen molar-refractivity contribution in [2.45, 2.75) is 26.8 Å². The van der Waals surface area contributed by atoms with Gasteiger partial charge in [0.25, 0.3) is 5.91 Å². The molecule has 3 heterocycles. The van der Waals surface area contributed by atoms with Gasteiger partial charge in [0.2, 0.25) is 0 Å². The second-order valence-electron chi connectivity index (χ2n) is 6.92. The molecule has 0 aromatic carbocycles. The zero-order valence-corrected chi connectivity index (χ0v) is 17.1.